The van der Waals surface area contributed by atoms with Gasteiger partial charge in [-0.1, -0.05) is 12.8 Å². The summed E-state index contributed by atoms with van der Waals surface area (Å²) >= 11 is 1.85. The summed E-state index contributed by atoms with van der Waals surface area (Å²) in [7, 11) is 0. The number of amides is 1. The van der Waals surface area contributed by atoms with Crippen LogP contribution in [0.4, 0.5) is 8.78 Å². The van der Waals surface area contributed by atoms with Crippen molar-refractivity contribution in [2.45, 2.75) is 50.7 Å². The lowest BCUT2D eigenvalue weighted by atomic mass is 10.1. The normalized spacial score (nSPS) is 21.8. The number of carbonyl (C=O) groups is 1. The van der Waals surface area contributed by atoms with E-state index in [9.17, 15) is 13.6 Å². The average molecular weight is 354 g/mol. The zero-order valence-electron chi connectivity index (χ0n) is 13.8. The molecular formula is C18H24F2N2OS. The van der Waals surface area contributed by atoms with Gasteiger partial charge in [-0.25, -0.2) is 8.78 Å². The van der Waals surface area contributed by atoms with Crippen molar-refractivity contribution < 1.29 is 13.6 Å². The third-order valence-electron chi connectivity index (χ3n) is 4.85. The Kier molecular flexibility index (Phi) is 6.11. The number of benzene rings is 1. The lowest BCUT2D eigenvalue weighted by Crippen LogP contribution is -2.45. The van der Waals surface area contributed by atoms with Crippen LogP contribution in [0.2, 0.25) is 0 Å². The van der Waals surface area contributed by atoms with Crippen molar-refractivity contribution in [3.8, 4) is 0 Å². The van der Waals surface area contributed by atoms with Crippen LogP contribution in [0.25, 0.3) is 0 Å². The van der Waals surface area contributed by atoms with Crippen molar-refractivity contribution in [1.82, 2.24) is 10.2 Å². The summed E-state index contributed by atoms with van der Waals surface area (Å²) in [5.41, 5.74) is 0.265. The third kappa shape index (κ3) is 4.48. The van der Waals surface area contributed by atoms with Crippen molar-refractivity contribution in [2.75, 3.05) is 18.1 Å². The molecule has 2 aliphatic rings. The zero-order valence-corrected chi connectivity index (χ0v) is 14.6. The van der Waals surface area contributed by atoms with E-state index in [2.05, 4.69) is 5.32 Å². The van der Waals surface area contributed by atoms with Crippen molar-refractivity contribution in [2.24, 2.45) is 0 Å². The second-order valence-corrected chi connectivity index (χ2v) is 7.78. The maximum Gasteiger partial charge on any atom is 0.224 e. The van der Waals surface area contributed by atoms with Gasteiger partial charge < -0.3 is 10.2 Å². The minimum absolute atomic E-state index is 0.0468. The SMILES string of the molecule is O=C(CC1CSCCN1)N(Cc1cc(F)ccc1F)C1CCCC1. The van der Waals surface area contributed by atoms with Gasteiger partial charge in [-0.15, -0.1) is 0 Å². The summed E-state index contributed by atoms with van der Waals surface area (Å²) in [6.45, 7) is 1.08. The molecule has 1 aromatic carbocycles. The first-order chi connectivity index (χ1) is 11.6. The Hall–Kier alpha value is -1.14. The summed E-state index contributed by atoms with van der Waals surface area (Å²) in [6, 6.07) is 3.79. The quantitative estimate of drug-likeness (QED) is 0.880. The van der Waals surface area contributed by atoms with Crippen molar-refractivity contribution in [3.63, 3.8) is 0 Å². The van der Waals surface area contributed by atoms with E-state index in [4.69, 9.17) is 0 Å². The molecule has 3 nitrogen and oxygen atoms in total. The summed E-state index contributed by atoms with van der Waals surface area (Å²) in [5.74, 6) is 1.14. The molecule has 6 heteroatoms. The van der Waals surface area contributed by atoms with E-state index in [1.807, 2.05) is 11.8 Å². The highest BCUT2D eigenvalue weighted by Crippen LogP contribution is 2.27. The predicted molar refractivity (Wildman–Crippen MR) is 92.9 cm³/mol. The lowest BCUT2D eigenvalue weighted by Gasteiger charge is -2.32. The van der Waals surface area contributed by atoms with E-state index in [1.54, 1.807) is 4.90 Å². The van der Waals surface area contributed by atoms with Gasteiger partial charge in [-0.2, -0.15) is 11.8 Å². The van der Waals surface area contributed by atoms with Crippen LogP contribution in [0.3, 0.4) is 0 Å². The monoisotopic (exact) mass is 354 g/mol. The molecule has 1 saturated carbocycles. The van der Waals surface area contributed by atoms with E-state index in [-0.39, 0.29) is 30.1 Å². The minimum Gasteiger partial charge on any atom is -0.335 e. The van der Waals surface area contributed by atoms with Gasteiger partial charge in [0.25, 0.3) is 0 Å². The highest BCUT2D eigenvalue weighted by atomic mass is 32.2. The van der Waals surface area contributed by atoms with Crippen molar-refractivity contribution in [1.29, 1.82) is 0 Å². The highest BCUT2D eigenvalue weighted by molar-refractivity contribution is 7.99. The van der Waals surface area contributed by atoms with Gasteiger partial charge >= 0.3 is 0 Å². The molecule has 2 fully saturated rings. The molecule has 0 radical (unpaired) electrons. The predicted octanol–water partition coefficient (Wildman–Crippen LogP) is 3.33. The maximum absolute atomic E-state index is 14.0. The van der Waals surface area contributed by atoms with Crippen LogP contribution in [-0.4, -0.2) is 40.9 Å². The van der Waals surface area contributed by atoms with Crippen LogP contribution in [-0.2, 0) is 11.3 Å². The number of rotatable bonds is 5. The topological polar surface area (TPSA) is 32.3 Å². The molecule has 24 heavy (non-hydrogen) atoms. The molecule has 132 valence electrons. The second-order valence-electron chi connectivity index (χ2n) is 6.63. The molecule has 1 N–H and O–H groups in total. The number of hydrogen-bond donors (Lipinski definition) is 1. The van der Waals surface area contributed by atoms with Crippen LogP contribution in [0, 0.1) is 11.6 Å². The van der Waals surface area contributed by atoms with Crippen LogP contribution in [0.15, 0.2) is 18.2 Å². The first-order valence-corrected chi connectivity index (χ1v) is 9.83. The van der Waals surface area contributed by atoms with Gasteiger partial charge in [-0.05, 0) is 31.0 Å². The van der Waals surface area contributed by atoms with Crippen LogP contribution < -0.4 is 5.32 Å². The molecule has 1 aliphatic heterocycles. The van der Waals surface area contributed by atoms with Gasteiger partial charge in [0.1, 0.15) is 11.6 Å². The second kappa shape index (κ2) is 8.30. The van der Waals surface area contributed by atoms with E-state index in [1.165, 1.54) is 6.07 Å². The number of halogens is 2. The van der Waals surface area contributed by atoms with Gasteiger partial charge in [0, 0.05) is 48.7 Å². The van der Waals surface area contributed by atoms with Crippen LogP contribution in [0.5, 0.6) is 0 Å². The summed E-state index contributed by atoms with van der Waals surface area (Å²) in [4.78, 5) is 14.6. The fraction of sp³-hybridized carbons (Fsp3) is 0.611. The molecule has 1 aromatic rings. The summed E-state index contributed by atoms with van der Waals surface area (Å²) < 4.78 is 27.5. The van der Waals surface area contributed by atoms with Crippen molar-refractivity contribution >= 4 is 17.7 Å². The Balaban J connectivity index is 1.72. The number of carbonyl (C=O) groups excluding carboxylic acids is 1. The van der Waals surface area contributed by atoms with Gasteiger partial charge in [0.05, 0.1) is 0 Å². The van der Waals surface area contributed by atoms with Crippen LogP contribution in [0.1, 0.15) is 37.7 Å². The molecule has 1 amide bonds. The molecule has 1 unspecified atom stereocenters. The minimum atomic E-state index is -0.462. The highest BCUT2D eigenvalue weighted by Gasteiger charge is 2.29. The zero-order chi connectivity index (χ0) is 16.9. The smallest absolute Gasteiger partial charge is 0.224 e. The summed E-state index contributed by atoms with van der Waals surface area (Å²) in [5, 5.41) is 3.38. The maximum atomic E-state index is 14.0. The third-order valence-corrected chi connectivity index (χ3v) is 5.98. The Labute approximate surface area is 146 Å². The molecule has 1 heterocycles. The largest absolute Gasteiger partial charge is 0.335 e. The van der Waals surface area contributed by atoms with Gasteiger partial charge in [0.15, 0.2) is 0 Å². The van der Waals surface area contributed by atoms with E-state index in [0.717, 1.165) is 55.9 Å². The molecule has 0 aromatic heterocycles. The van der Waals surface area contributed by atoms with Crippen LogP contribution >= 0.6 is 11.8 Å². The van der Waals surface area contributed by atoms with Gasteiger partial charge in [0.2, 0.25) is 5.91 Å². The average Bonchev–Trinajstić information content (AvgIpc) is 3.10. The Morgan fingerprint density at radius 1 is 1.29 bits per heavy atom. The Bertz CT molecular complexity index is 572. The Morgan fingerprint density at radius 3 is 2.79 bits per heavy atom. The molecular weight excluding hydrogens is 330 g/mol. The lowest BCUT2D eigenvalue weighted by molar-refractivity contribution is -0.134. The molecule has 1 saturated heterocycles. The first kappa shape index (κ1) is 17.7. The van der Waals surface area contributed by atoms with E-state index < -0.39 is 11.6 Å². The molecule has 1 aliphatic carbocycles. The molecule has 0 bridgehead atoms. The molecule has 3 rings (SSSR count). The number of thioether (sulfide) groups is 1. The molecule has 1 atom stereocenters. The fourth-order valence-corrected chi connectivity index (χ4v) is 4.51. The van der Waals surface area contributed by atoms with Crippen molar-refractivity contribution in [3.05, 3.63) is 35.4 Å². The van der Waals surface area contributed by atoms with E-state index >= 15 is 0 Å². The summed E-state index contributed by atoms with van der Waals surface area (Å²) in [6.07, 6.45) is 4.53. The molecule has 0 spiro atoms. The number of nitrogens with one attached hydrogen (secondary N) is 1. The van der Waals surface area contributed by atoms with E-state index in [0.29, 0.717) is 6.42 Å². The number of nitrogens with zero attached hydrogens (tertiary/aromatic N) is 1. The first-order valence-electron chi connectivity index (χ1n) is 8.68. The fourth-order valence-electron chi connectivity index (χ4n) is 3.56. The Morgan fingerprint density at radius 2 is 2.08 bits per heavy atom. The van der Waals surface area contributed by atoms with Gasteiger partial charge in [-0.3, -0.25) is 4.79 Å². The standard InChI is InChI=1S/C18H24F2N2OS/c19-14-5-6-17(20)13(9-14)11-22(16-3-1-2-4-16)18(23)10-15-12-24-8-7-21-15/h5-6,9,15-16,21H,1-4,7-8,10-12H2. The number of hydrogen-bond acceptors (Lipinski definition) is 3.